The van der Waals surface area contributed by atoms with E-state index in [-0.39, 0.29) is 11.8 Å². The minimum absolute atomic E-state index is 0.139. The van der Waals surface area contributed by atoms with E-state index >= 15 is 0 Å². The van der Waals surface area contributed by atoms with Crippen LogP contribution >= 0.6 is 0 Å². The van der Waals surface area contributed by atoms with E-state index in [9.17, 15) is 18.0 Å². The van der Waals surface area contributed by atoms with Crippen LogP contribution in [0.1, 0.15) is 89.3 Å². The van der Waals surface area contributed by atoms with Crippen LogP contribution in [0.25, 0.3) is 0 Å². The summed E-state index contributed by atoms with van der Waals surface area (Å²) in [5.74, 6) is 1.21. The highest BCUT2D eigenvalue weighted by molar-refractivity contribution is 5.79. The molecule has 1 aromatic rings. The number of ether oxygens (including phenoxy) is 1. The Balaban J connectivity index is 0.000000273. The first kappa shape index (κ1) is 34.3. The van der Waals surface area contributed by atoms with Gasteiger partial charge in [-0.05, 0) is 114 Å². The third kappa shape index (κ3) is 13.6. The average Bonchev–Trinajstić information content (AvgIpc) is 3.04. The van der Waals surface area contributed by atoms with Crippen molar-refractivity contribution < 1.29 is 22.7 Å². The van der Waals surface area contributed by atoms with Gasteiger partial charge in [0.1, 0.15) is 0 Å². The number of allylic oxidation sites excluding steroid dienone is 2. The van der Waals surface area contributed by atoms with Crippen molar-refractivity contribution in [3.8, 4) is 12.8 Å². The second kappa shape index (κ2) is 17.8. The largest absolute Gasteiger partial charge is 0.471 e. The highest BCUT2D eigenvalue weighted by Gasteiger charge is 2.30. The standard InChI is InChI=1S/C15H23F3N2O.C15H22N2O.C2H2/c1-2-20-9-3-5-12-7-8-14(21-11-15(16,17)18)19-13(12)6-4-10-20;1-11-3-5-14(6-4-11)17-15(18)10-13-7-8-16-12(2)9-13;1-2/h2-11H2,1H3;7-9,11,14H,3-6,10H2,1-2H3,(H,17,18);1-2H. The molecule has 0 aromatic carbocycles. The number of carbonyl (C=O) groups excluding carboxylic acids is 1. The number of aromatic nitrogens is 1. The number of terminal acetylenes is 1. The predicted octanol–water partition coefficient (Wildman–Crippen LogP) is 6.78. The summed E-state index contributed by atoms with van der Waals surface area (Å²) >= 11 is 0. The Morgan fingerprint density at radius 2 is 1.78 bits per heavy atom. The summed E-state index contributed by atoms with van der Waals surface area (Å²) in [6.45, 7) is 8.33. The molecule has 1 fully saturated rings. The molecule has 6 nitrogen and oxygen atoms in total. The van der Waals surface area contributed by atoms with Gasteiger partial charge in [-0.1, -0.05) is 13.8 Å². The number of alkyl halides is 3. The maximum atomic E-state index is 12.2. The van der Waals surface area contributed by atoms with Crippen molar-refractivity contribution in [1.82, 2.24) is 15.2 Å². The van der Waals surface area contributed by atoms with Crippen molar-refractivity contribution in [1.29, 1.82) is 0 Å². The van der Waals surface area contributed by atoms with Gasteiger partial charge in [0.25, 0.3) is 0 Å². The summed E-state index contributed by atoms with van der Waals surface area (Å²) in [5, 5.41) is 3.15. The van der Waals surface area contributed by atoms with Gasteiger partial charge in [-0.15, -0.1) is 12.8 Å². The van der Waals surface area contributed by atoms with Crippen molar-refractivity contribution in [2.24, 2.45) is 10.9 Å². The molecule has 1 aromatic heterocycles. The van der Waals surface area contributed by atoms with Gasteiger partial charge in [0, 0.05) is 30.1 Å². The Bertz CT molecular complexity index is 1030. The quantitative estimate of drug-likeness (QED) is 0.392. The van der Waals surface area contributed by atoms with Gasteiger partial charge in [-0.3, -0.25) is 9.78 Å². The van der Waals surface area contributed by atoms with Gasteiger partial charge in [0.15, 0.2) is 12.5 Å². The molecule has 41 heavy (non-hydrogen) atoms. The zero-order valence-electron chi connectivity index (χ0n) is 24.9. The Morgan fingerprint density at radius 1 is 1.10 bits per heavy atom. The van der Waals surface area contributed by atoms with Gasteiger partial charge < -0.3 is 15.0 Å². The molecule has 0 unspecified atom stereocenters. The van der Waals surface area contributed by atoms with Crippen molar-refractivity contribution in [2.45, 2.75) is 104 Å². The lowest BCUT2D eigenvalue weighted by Crippen LogP contribution is -2.38. The molecule has 0 spiro atoms. The Kier molecular flexibility index (Phi) is 14.9. The first-order chi connectivity index (χ1) is 19.6. The molecule has 1 amide bonds. The van der Waals surface area contributed by atoms with Gasteiger partial charge >= 0.3 is 6.18 Å². The zero-order valence-corrected chi connectivity index (χ0v) is 24.9. The summed E-state index contributed by atoms with van der Waals surface area (Å²) in [5.41, 5.74) is 4.29. The molecule has 0 radical (unpaired) electrons. The number of hydrogen-bond acceptors (Lipinski definition) is 5. The first-order valence-corrected chi connectivity index (χ1v) is 14.9. The SMILES string of the molecule is C#C.CCN1CCCC2=C(CCC1)N=C(OCC(F)(F)F)CC2.Cc1cc(CC(=O)NC2CCC(C)CC2)ccn1. The molecule has 3 aliphatic rings. The fraction of sp³-hybridized carbons (Fsp3) is 0.656. The van der Waals surface area contributed by atoms with Crippen LogP contribution in [0.5, 0.6) is 0 Å². The molecule has 9 heteroatoms. The summed E-state index contributed by atoms with van der Waals surface area (Å²) < 4.78 is 41.4. The van der Waals surface area contributed by atoms with Gasteiger partial charge in [0.2, 0.25) is 5.91 Å². The van der Waals surface area contributed by atoms with Crippen LogP contribution in [-0.2, 0) is 16.0 Å². The number of halogens is 3. The summed E-state index contributed by atoms with van der Waals surface area (Å²) in [4.78, 5) is 22.9. The molecule has 2 aliphatic heterocycles. The first-order valence-electron chi connectivity index (χ1n) is 14.9. The fourth-order valence-corrected chi connectivity index (χ4v) is 5.46. The Morgan fingerprint density at radius 3 is 2.41 bits per heavy atom. The lowest BCUT2D eigenvalue weighted by molar-refractivity contribution is -0.156. The number of pyridine rings is 1. The van der Waals surface area contributed by atoms with Crippen LogP contribution in [-0.4, -0.2) is 60.1 Å². The monoisotopic (exact) mass is 576 g/mol. The van der Waals surface area contributed by atoms with Crippen molar-refractivity contribution >= 4 is 11.8 Å². The highest BCUT2D eigenvalue weighted by atomic mass is 19.4. The summed E-state index contributed by atoms with van der Waals surface area (Å²) in [7, 11) is 0. The van der Waals surface area contributed by atoms with E-state index in [4.69, 9.17) is 4.74 Å². The molecule has 0 bridgehead atoms. The Labute approximate surface area is 244 Å². The lowest BCUT2D eigenvalue weighted by atomic mass is 9.87. The van der Waals surface area contributed by atoms with Crippen LogP contribution in [0, 0.1) is 25.7 Å². The molecule has 4 rings (SSSR count). The topological polar surface area (TPSA) is 66.8 Å². The van der Waals surface area contributed by atoms with E-state index in [0.29, 0.717) is 18.9 Å². The van der Waals surface area contributed by atoms with Gasteiger partial charge in [-0.25, -0.2) is 4.99 Å². The predicted molar refractivity (Wildman–Crippen MR) is 158 cm³/mol. The lowest BCUT2D eigenvalue weighted by Gasteiger charge is -2.26. The molecule has 0 saturated heterocycles. The second-order valence-electron chi connectivity index (χ2n) is 11.1. The van der Waals surface area contributed by atoms with E-state index in [1.807, 2.05) is 19.1 Å². The van der Waals surface area contributed by atoms with Crippen LogP contribution in [0.2, 0.25) is 0 Å². The second-order valence-corrected chi connectivity index (χ2v) is 11.1. The molecule has 3 heterocycles. The zero-order chi connectivity index (χ0) is 30.3. The van der Waals surface area contributed by atoms with E-state index in [1.165, 1.54) is 18.4 Å². The van der Waals surface area contributed by atoms with Crippen molar-refractivity contribution in [3.63, 3.8) is 0 Å². The van der Waals surface area contributed by atoms with Crippen LogP contribution < -0.4 is 5.32 Å². The number of aliphatic imine (C=N–C) groups is 1. The molecular formula is C32H47F3N4O2. The fourth-order valence-electron chi connectivity index (χ4n) is 5.46. The molecule has 1 aliphatic carbocycles. The van der Waals surface area contributed by atoms with E-state index in [1.54, 1.807) is 6.20 Å². The molecule has 1 saturated carbocycles. The Hall–Kier alpha value is -2.86. The smallest absolute Gasteiger partial charge is 0.422 e. The number of aryl methyl sites for hydroxylation is 1. The number of carbonyl (C=O) groups is 1. The molecule has 0 atom stereocenters. The number of nitrogens with zero attached hydrogens (tertiary/aromatic N) is 3. The summed E-state index contributed by atoms with van der Waals surface area (Å²) in [6, 6.07) is 4.27. The number of nitrogens with one attached hydrogen (secondary N) is 1. The number of amides is 1. The normalized spacial score (nSPS) is 21.7. The minimum atomic E-state index is -4.29. The van der Waals surface area contributed by atoms with Crippen LogP contribution in [0.15, 0.2) is 34.6 Å². The van der Waals surface area contributed by atoms with E-state index in [2.05, 4.69) is 46.9 Å². The maximum absolute atomic E-state index is 12.2. The maximum Gasteiger partial charge on any atom is 0.422 e. The van der Waals surface area contributed by atoms with E-state index < -0.39 is 12.8 Å². The van der Waals surface area contributed by atoms with E-state index in [0.717, 1.165) is 87.5 Å². The molecule has 228 valence electrons. The highest BCUT2D eigenvalue weighted by Crippen LogP contribution is 2.29. The van der Waals surface area contributed by atoms with Crippen molar-refractivity contribution in [2.75, 3.05) is 26.2 Å². The summed E-state index contributed by atoms with van der Waals surface area (Å²) in [6.07, 6.45) is 15.9. The third-order valence-corrected chi connectivity index (χ3v) is 7.71. The van der Waals surface area contributed by atoms with Crippen LogP contribution in [0.4, 0.5) is 13.2 Å². The molecule has 1 N–H and O–H groups in total. The average molecular weight is 577 g/mol. The van der Waals surface area contributed by atoms with Gasteiger partial charge in [-0.2, -0.15) is 13.2 Å². The van der Waals surface area contributed by atoms with Gasteiger partial charge in [0.05, 0.1) is 6.42 Å². The molecular weight excluding hydrogens is 529 g/mol. The van der Waals surface area contributed by atoms with Crippen LogP contribution in [0.3, 0.4) is 0 Å². The minimum Gasteiger partial charge on any atom is -0.471 e. The van der Waals surface area contributed by atoms with Crippen molar-refractivity contribution in [3.05, 3.63) is 40.9 Å². The number of hydrogen-bond donors (Lipinski definition) is 1. The number of rotatable bonds is 5. The third-order valence-electron chi connectivity index (χ3n) is 7.71.